The third kappa shape index (κ3) is 6.83. The van der Waals surface area contributed by atoms with Crippen LogP contribution in [0.2, 0.25) is 0 Å². The zero-order valence-corrected chi connectivity index (χ0v) is 18.9. The average molecular weight is 437 g/mol. The van der Waals surface area contributed by atoms with Crippen molar-refractivity contribution in [3.63, 3.8) is 0 Å². The van der Waals surface area contributed by atoms with Crippen LogP contribution in [0.15, 0.2) is 48.5 Å². The predicted octanol–water partition coefficient (Wildman–Crippen LogP) is 3.38. The first kappa shape index (κ1) is 23.3. The van der Waals surface area contributed by atoms with E-state index in [1.54, 1.807) is 43.3 Å². The van der Waals surface area contributed by atoms with Gasteiger partial charge in [-0.1, -0.05) is 18.2 Å². The fraction of sp³-hybridized carbons (Fsp3) is 0.400. The Bertz CT molecular complexity index is 934. The van der Waals surface area contributed by atoms with Gasteiger partial charge in [0.15, 0.2) is 0 Å². The van der Waals surface area contributed by atoms with Crippen LogP contribution in [0.4, 0.5) is 11.4 Å². The number of nitrogens with zero attached hydrogens (tertiary/aromatic N) is 2. The van der Waals surface area contributed by atoms with Crippen LogP contribution < -0.4 is 10.6 Å². The summed E-state index contributed by atoms with van der Waals surface area (Å²) in [5.41, 5.74) is 3.11. The van der Waals surface area contributed by atoms with Gasteiger partial charge in [0.05, 0.1) is 6.54 Å². The van der Waals surface area contributed by atoms with Crippen molar-refractivity contribution >= 4 is 29.1 Å². The number of likely N-dealkylation sites (tertiary alicyclic amines) is 1. The topological polar surface area (TPSA) is 81.8 Å². The molecule has 2 N–H and O–H groups in total. The van der Waals surface area contributed by atoms with Gasteiger partial charge in [-0.15, -0.1) is 0 Å². The molecule has 1 saturated heterocycles. The molecular weight excluding hydrogens is 404 g/mol. The highest BCUT2D eigenvalue weighted by Crippen LogP contribution is 2.17. The number of nitrogens with one attached hydrogen (secondary N) is 2. The van der Waals surface area contributed by atoms with E-state index < -0.39 is 0 Å². The number of benzene rings is 2. The first-order chi connectivity index (χ1) is 15.4. The van der Waals surface area contributed by atoms with Crippen LogP contribution in [0.3, 0.4) is 0 Å². The van der Waals surface area contributed by atoms with E-state index in [9.17, 15) is 14.4 Å². The lowest BCUT2D eigenvalue weighted by Crippen LogP contribution is -2.35. The van der Waals surface area contributed by atoms with Gasteiger partial charge in [0.2, 0.25) is 11.8 Å². The smallest absolute Gasteiger partial charge is 0.253 e. The molecule has 0 aromatic heterocycles. The Morgan fingerprint density at radius 1 is 0.938 bits per heavy atom. The van der Waals surface area contributed by atoms with Crippen molar-refractivity contribution in [1.29, 1.82) is 0 Å². The third-order valence-corrected chi connectivity index (χ3v) is 5.57. The predicted molar refractivity (Wildman–Crippen MR) is 127 cm³/mol. The van der Waals surface area contributed by atoms with Crippen molar-refractivity contribution in [1.82, 2.24) is 9.80 Å². The van der Waals surface area contributed by atoms with Gasteiger partial charge in [0.25, 0.3) is 5.91 Å². The zero-order valence-electron chi connectivity index (χ0n) is 18.9. The molecule has 2 aromatic rings. The standard InChI is InChI=1S/C25H32N4O3/c1-28(2)24(31)14-11-19-9-12-21(13-10-19)26-18-23(30)27-22-8-6-7-20(17-22)25(32)29-15-4-3-5-16-29/h6-10,12-13,17,26H,3-5,11,14-16,18H2,1-2H3,(H,27,30). The number of piperidine rings is 1. The zero-order chi connectivity index (χ0) is 22.9. The van der Waals surface area contributed by atoms with Gasteiger partial charge >= 0.3 is 0 Å². The van der Waals surface area contributed by atoms with Crippen LogP contribution in [0.5, 0.6) is 0 Å². The van der Waals surface area contributed by atoms with E-state index >= 15 is 0 Å². The summed E-state index contributed by atoms with van der Waals surface area (Å²) in [5.74, 6) is -0.0647. The van der Waals surface area contributed by atoms with E-state index in [4.69, 9.17) is 0 Å². The summed E-state index contributed by atoms with van der Waals surface area (Å²) >= 11 is 0. The third-order valence-electron chi connectivity index (χ3n) is 5.57. The van der Waals surface area contributed by atoms with Gasteiger partial charge in [0.1, 0.15) is 0 Å². The van der Waals surface area contributed by atoms with E-state index in [-0.39, 0.29) is 24.3 Å². The van der Waals surface area contributed by atoms with Gasteiger partial charge in [-0.2, -0.15) is 0 Å². The maximum atomic E-state index is 12.7. The van der Waals surface area contributed by atoms with Crippen molar-refractivity contribution in [2.24, 2.45) is 0 Å². The first-order valence-electron chi connectivity index (χ1n) is 11.1. The molecular formula is C25H32N4O3. The van der Waals surface area contributed by atoms with E-state index in [0.717, 1.165) is 37.2 Å². The van der Waals surface area contributed by atoms with Gasteiger partial charge in [-0.05, 0) is 61.6 Å². The second-order valence-corrected chi connectivity index (χ2v) is 8.32. The van der Waals surface area contributed by atoms with Gasteiger partial charge in [-0.3, -0.25) is 14.4 Å². The second kappa shape index (κ2) is 11.3. The van der Waals surface area contributed by atoms with Crippen molar-refractivity contribution < 1.29 is 14.4 Å². The largest absolute Gasteiger partial charge is 0.376 e. The molecule has 0 radical (unpaired) electrons. The lowest BCUT2D eigenvalue weighted by molar-refractivity contribution is -0.128. The molecule has 0 bridgehead atoms. The van der Waals surface area contributed by atoms with Crippen molar-refractivity contribution in [3.05, 3.63) is 59.7 Å². The molecule has 0 spiro atoms. The summed E-state index contributed by atoms with van der Waals surface area (Å²) in [6.07, 6.45) is 4.42. The number of rotatable bonds is 8. The lowest BCUT2D eigenvalue weighted by Gasteiger charge is -2.26. The normalized spacial score (nSPS) is 13.4. The minimum Gasteiger partial charge on any atom is -0.376 e. The van der Waals surface area contributed by atoms with Gasteiger partial charge in [-0.25, -0.2) is 0 Å². The van der Waals surface area contributed by atoms with Crippen molar-refractivity contribution in [2.75, 3.05) is 44.4 Å². The highest BCUT2D eigenvalue weighted by Gasteiger charge is 2.18. The molecule has 3 amide bonds. The lowest BCUT2D eigenvalue weighted by atomic mass is 10.1. The Kier molecular flexibility index (Phi) is 8.25. The van der Waals surface area contributed by atoms with Gasteiger partial charge in [0, 0.05) is 50.5 Å². The quantitative estimate of drug-likeness (QED) is 0.665. The number of hydrogen-bond acceptors (Lipinski definition) is 4. The molecule has 0 unspecified atom stereocenters. The summed E-state index contributed by atoms with van der Waals surface area (Å²) in [6, 6.07) is 14.8. The molecule has 0 atom stereocenters. The van der Waals surface area contributed by atoms with Crippen LogP contribution >= 0.6 is 0 Å². The second-order valence-electron chi connectivity index (χ2n) is 8.32. The number of aryl methyl sites for hydroxylation is 1. The van der Waals surface area contributed by atoms with Crippen molar-refractivity contribution in [3.8, 4) is 0 Å². The average Bonchev–Trinajstić information content (AvgIpc) is 2.82. The van der Waals surface area contributed by atoms with E-state index in [1.165, 1.54) is 6.42 Å². The molecule has 170 valence electrons. The molecule has 1 aliphatic rings. The molecule has 1 heterocycles. The van der Waals surface area contributed by atoms with Crippen LogP contribution in [0.25, 0.3) is 0 Å². The maximum absolute atomic E-state index is 12.7. The van der Waals surface area contributed by atoms with E-state index in [2.05, 4.69) is 10.6 Å². The first-order valence-corrected chi connectivity index (χ1v) is 11.1. The maximum Gasteiger partial charge on any atom is 0.253 e. The summed E-state index contributed by atoms with van der Waals surface area (Å²) in [4.78, 5) is 40.2. The molecule has 7 nitrogen and oxygen atoms in total. The summed E-state index contributed by atoms with van der Waals surface area (Å²) in [5, 5.41) is 5.95. The fourth-order valence-corrected chi connectivity index (χ4v) is 3.66. The van der Waals surface area contributed by atoms with Crippen LogP contribution in [0, 0.1) is 0 Å². The molecule has 2 aromatic carbocycles. The number of anilines is 2. The SMILES string of the molecule is CN(C)C(=O)CCc1ccc(NCC(=O)Nc2cccc(C(=O)N3CCCCC3)c2)cc1. The van der Waals surface area contributed by atoms with Crippen LogP contribution in [0.1, 0.15) is 41.6 Å². The van der Waals surface area contributed by atoms with Gasteiger partial charge < -0.3 is 20.4 Å². The Labute approximate surface area is 189 Å². The molecule has 1 aliphatic heterocycles. The van der Waals surface area contributed by atoms with Crippen molar-refractivity contribution in [2.45, 2.75) is 32.1 Å². The molecule has 0 aliphatic carbocycles. The number of hydrogen-bond donors (Lipinski definition) is 2. The number of carbonyl (C=O) groups excluding carboxylic acids is 3. The van der Waals surface area contributed by atoms with Crippen LogP contribution in [-0.4, -0.2) is 61.3 Å². The minimum atomic E-state index is -0.187. The van der Waals surface area contributed by atoms with E-state index in [0.29, 0.717) is 24.1 Å². The van der Waals surface area contributed by atoms with Crippen LogP contribution in [-0.2, 0) is 16.0 Å². The highest BCUT2D eigenvalue weighted by atomic mass is 16.2. The number of amides is 3. The molecule has 7 heteroatoms. The Balaban J connectivity index is 1.47. The highest BCUT2D eigenvalue weighted by molar-refractivity contribution is 5.98. The summed E-state index contributed by atoms with van der Waals surface area (Å²) in [7, 11) is 3.51. The minimum absolute atomic E-state index is 0.0197. The molecule has 0 saturated carbocycles. The van der Waals surface area contributed by atoms with E-state index in [1.807, 2.05) is 29.2 Å². The Hall–Kier alpha value is -3.35. The number of carbonyl (C=O) groups is 3. The Morgan fingerprint density at radius 3 is 2.34 bits per heavy atom. The molecule has 1 fully saturated rings. The Morgan fingerprint density at radius 2 is 1.66 bits per heavy atom. The monoisotopic (exact) mass is 436 g/mol. The fourth-order valence-electron chi connectivity index (χ4n) is 3.66. The summed E-state index contributed by atoms with van der Waals surface area (Å²) in [6.45, 7) is 1.71. The summed E-state index contributed by atoms with van der Waals surface area (Å²) < 4.78 is 0. The molecule has 32 heavy (non-hydrogen) atoms. The molecule has 3 rings (SSSR count).